The average molecular weight is 423 g/mol. The van der Waals surface area contributed by atoms with Crippen molar-refractivity contribution in [3.63, 3.8) is 0 Å². The molecule has 9 heteroatoms. The molecule has 5 rings (SSSR count). The minimum Gasteiger partial charge on any atom is -0.368 e. The second-order valence-corrected chi connectivity index (χ2v) is 9.31. The largest absolute Gasteiger partial charge is 0.368 e. The average Bonchev–Trinajstić information content (AvgIpc) is 3.17. The van der Waals surface area contributed by atoms with Gasteiger partial charge in [0.1, 0.15) is 11.9 Å². The molecule has 1 saturated heterocycles. The topological polar surface area (TPSA) is 47.6 Å². The lowest BCUT2D eigenvalue weighted by Crippen LogP contribution is -2.62. The van der Waals surface area contributed by atoms with Gasteiger partial charge in [0, 0.05) is 17.9 Å². The van der Waals surface area contributed by atoms with Gasteiger partial charge >= 0.3 is 0 Å². The monoisotopic (exact) mass is 423 g/mol. The maximum atomic E-state index is 14.4. The van der Waals surface area contributed by atoms with E-state index in [0.29, 0.717) is 12.8 Å². The Balaban J connectivity index is 1.41. The van der Waals surface area contributed by atoms with Gasteiger partial charge in [-0.3, -0.25) is 9.63 Å². The molecular formula is C20H26F5NO3. The summed E-state index contributed by atoms with van der Waals surface area (Å²) >= 11 is 0. The number of fused-ring (bicyclic) bond motifs is 2. The molecule has 5 fully saturated rings. The predicted octanol–water partition coefficient (Wildman–Crippen LogP) is 3.13. The van der Waals surface area contributed by atoms with Crippen LogP contribution >= 0.6 is 0 Å². The van der Waals surface area contributed by atoms with Crippen LogP contribution in [0, 0.1) is 23.7 Å². The molecule has 11 atom stereocenters. The van der Waals surface area contributed by atoms with Gasteiger partial charge in [0.15, 0.2) is 30.9 Å². The molecular weight excluding hydrogens is 397 g/mol. The van der Waals surface area contributed by atoms with Crippen molar-refractivity contribution >= 4 is 5.78 Å². The summed E-state index contributed by atoms with van der Waals surface area (Å²) in [5.74, 6) is -0.879. The zero-order chi connectivity index (χ0) is 20.4. The van der Waals surface area contributed by atoms with Gasteiger partial charge in [-0.05, 0) is 31.6 Å². The summed E-state index contributed by atoms with van der Waals surface area (Å²) in [5.41, 5.74) is 3.02. The smallest absolute Gasteiger partial charge is 0.168 e. The summed E-state index contributed by atoms with van der Waals surface area (Å²) in [6.07, 6.45) is -12.2. The first-order chi connectivity index (χ1) is 13.9. The van der Waals surface area contributed by atoms with Gasteiger partial charge < -0.3 is 4.74 Å². The fourth-order valence-electron chi connectivity index (χ4n) is 6.50. The van der Waals surface area contributed by atoms with Crippen LogP contribution < -0.4 is 5.48 Å². The van der Waals surface area contributed by atoms with Crippen LogP contribution in [0.3, 0.4) is 0 Å². The normalized spacial score (nSPS) is 57.3. The lowest BCUT2D eigenvalue weighted by molar-refractivity contribution is -0.195. The third-order valence-corrected chi connectivity index (χ3v) is 7.89. The van der Waals surface area contributed by atoms with Crippen LogP contribution in [0.4, 0.5) is 22.0 Å². The van der Waals surface area contributed by atoms with E-state index >= 15 is 0 Å². The van der Waals surface area contributed by atoms with Crippen LogP contribution in [-0.4, -0.2) is 61.0 Å². The van der Waals surface area contributed by atoms with Crippen molar-refractivity contribution in [2.75, 3.05) is 0 Å². The van der Waals surface area contributed by atoms with Crippen LogP contribution in [-0.2, 0) is 14.4 Å². The molecule has 0 aromatic carbocycles. The molecule has 1 aliphatic heterocycles. The molecule has 0 spiro atoms. The van der Waals surface area contributed by atoms with E-state index in [9.17, 15) is 26.7 Å². The van der Waals surface area contributed by atoms with Gasteiger partial charge in [0.05, 0.1) is 18.1 Å². The standard InChI is InChI=1S/C20H26F5NO3/c21-13-14(22)16(24)20(17(25)15(13)23)28-10-6-5-9-11-12(10)18(27)7-3-1-2-4-8(7)19(11)29-26-9/h7-17,19-20,26H,1-6H2. The zero-order valence-corrected chi connectivity index (χ0v) is 15.9. The van der Waals surface area contributed by atoms with Gasteiger partial charge in [-0.15, -0.1) is 0 Å². The molecule has 0 aromatic rings. The maximum absolute atomic E-state index is 14.4. The summed E-state index contributed by atoms with van der Waals surface area (Å²) in [5, 5.41) is 0. The molecule has 1 N–H and O–H groups in total. The quantitative estimate of drug-likeness (QED) is 0.694. The van der Waals surface area contributed by atoms with Crippen molar-refractivity contribution in [3.8, 4) is 0 Å². The number of ether oxygens (including phenoxy) is 1. The molecule has 29 heavy (non-hydrogen) atoms. The Morgan fingerprint density at radius 1 is 0.862 bits per heavy atom. The van der Waals surface area contributed by atoms with Crippen LogP contribution in [0.2, 0.25) is 0 Å². The molecule has 11 unspecified atom stereocenters. The van der Waals surface area contributed by atoms with Crippen molar-refractivity contribution in [2.24, 2.45) is 23.7 Å². The van der Waals surface area contributed by atoms with Gasteiger partial charge in [-0.2, -0.15) is 5.48 Å². The van der Waals surface area contributed by atoms with Crippen molar-refractivity contribution in [2.45, 2.75) is 93.7 Å². The molecule has 164 valence electrons. The highest BCUT2D eigenvalue weighted by molar-refractivity contribution is 5.86. The summed E-state index contributed by atoms with van der Waals surface area (Å²) in [6, 6.07) is -0.0524. The number of rotatable bonds is 2. The Labute approximate surface area is 165 Å². The van der Waals surface area contributed by atoms with Gasteiger partial charge in [0.25, 0.3) is 0 Å². The lowest BCUT2D eigenvalue weighted by Gasteiger charge is -2.50. The lowest BCUT2D eigenvalue weighted by atomic mass is 9.56. The molecule has 4 nitrogen and oxygen atoms in total. The molecule has 0 aromatic heterocycles. The number of carbonyl (C=O) groups is 1. The molecule has 1 heterocycles. The molecule has 0 bridgehead atoms. The Morgan fingerprint density at radius 3 is 2.24 bits per heavy atom. The molecule has 0 amide bonds. The first kappa shape index (κ1) is 20.1. The Hall–Kier alpha value is -0.800. The Kier molecular flexibility index (Phi) is 5.14. The van der Waals surface area contributed by atoms with E-state index in [1.807, 2.05) is 0 Å². The van der Waals surface area contributed by atoms with Crippen LogP contribution in [0.25, 0.3) is 0 Å². The van der Waals surface area contributed by atoms with E-state index in [4.69, 9.17) is 9.57 Å². The van der Waals surface area contributed by atoms with Crippen molar-refractivity contribution in [3.05, 3.63) is 0 Å². The van der Waals surface area contributed by atoms with E-state index in [1.165, 1.54) is 0 Å². The van der Waals surface area contributed by atoms with Crippen molar-refractivity contribution < 1.29 is 36.3 Å². The zero-order valence-electron chi connectivity index (χ0n) is 15.9. The number of ketones is 1. The summed E-state index contributed by atoms with van der Waals surface area (Å²) in [7, 11) is 0. The molecule has 5 aliphatic rings. The number of halogens is 5. The first-order valence-electron chi connectivity index (χ1n) is 10.7. The molecule has 0 radical (unpaired) electrons. The number of Topliss-reactive ketones (excluding diaryl/α,β-unsaturated/α-hetero) is 1. The highest BCUT2D eigenvalue weighted by atomic mass is 19.2. The van der Waals surface area contributed by atoms with E-state index in [-0.39, 0.29) is 35.7 Å². The molecule has 4 saturated carbocycles. The summed E-state index contributed by atoms with van der Waals surface area (Å²) in [6.45, 7) is 0. The fraction of sp³-hybridized carbons (Fsp3) is 0.950. The number of hydrogen-bond acceptors (Lipinski definition) is 4. The summed E-state index contributed by atoms with van der Waals surface area (Å²) < 4.78 is 75.5. The van der Waals surface area contributed by atoms with E-state index in [2.05, 4.69) is 5.48 Å². The maximum Gasteiger partial charge on any atom is 0.168 e. The van der Waals surface area contributed by atoms with Crippen LogP contribution in [0.1, 0.15) is 38.5 Å². The minimum atomic E-state index is -2.85. The van der Waals surface area contributed by atoms with Gasteiger partial charge in [-0.1, -0.05) is 12.8 Å². The second-order valence-electron chi connectivity index (χ2n) is 9.31. The van der Waals surface area contributed by atoms with E-state index in [0.717, 1.165) is 25.7 Å². The van der Waals surface area contributed by atoms with Crippen LogP contribution in [0.5, 0.6) is 0 Å². The highest BCUT2D eigenvalue weighted by Crippen LogP contribution is 2.52. The fourth-order valence-corrected chi connectivity index (χ4v) is 6.50. The van der Waals surface area contributed by atoms with E-state index in [1.54, 1.807) is 0 Å². The Morgan fingerprint density at radius 2 is 1.52 bits per heavy atom. The second kappa shape index (κ2) is 7.41. The SMILES string of the molecule is O=C1C2CCCCC2C2ONC3CCC(OC4C(F)C(F)C(F)C(F)C4F)C1C32. The first-order valence-corrected chi connectivity index (χ1v) is 10.7. The highest BCUT2D eigenvalue weighted by Gasteiger charge is 2.62. The van der Waals surface area contributed by atoms with Crippen molar-refractivity contribution in [1.82, 2.24) is 5.48 Å². The van der Waals surface area contributed by atoms with Gasteiger partial charge in [-0.25, -0.2) is 22.0 Å². The van der Waals surface area contributed by atoms with Crippen molar-refractivity contribution in [1.29, 1.82) is 0 Å². The van der Waals surface area contributed by atoms with Crippen LogP contribution in [0.15, 0.2) is 0 Å². The van der Waals surface area contributed by atoms with Gasteiger partial charge in [0.2, 0.25) is 0 Å². The molecule has 4 aliphatic carbocycles. The van der Waals surface area contributed by atoms with E-state index < -0.39 is 49.0 Å². The third kappa shape index (κ3) is 2.97. The number of hydrogen-bond donors (Lipinski definition) is 1. The Bertz CT molecular complexity index is 640. The number of alkyl halides is 5. The number of hydroxylamine groups is 1. The predicted molar refractivity (Wildman–Crippen MR) is 91.6 cm³/mol. The summed E-state index contributed by atoms with van der Waals surface area (Å²) in [4.78, 5) is 19.2. The third-order valence-electron chi connectivity index (χ3n) is 7.89. The number of nitrogens with one attached hydrogen (secondary N) is 1. The minimum absolute atomic E-state index is 0.0107. The number of carbonyl (C=O) groups excluding carboxylic acids is 1.